The molecule has 0 aliphatic heterocycles. The second-order valence-electron chi connectivity index (χ2n) is 4.61. The lowest BCUT2D eigenvalue weighted by molar-refractivity contribution is 0.816. The van der Waals surface area contributed by atoms with Crippen LogP contribution in [0.1, 0.15) is 18.5 Å². The molecule has 0 fully saturated rings. The van der Waals surface area contributed by atoms with Crippen LogP contribution in [0.25, 0.3) is 22.2 Å². The smallest absolute Gasteiger partial charge is 0.0712 e. The Morgan fingerprint density at radius 2 is 1.79 bits per heavy atom. The van der Waals surface area contributed by atoms with Crippen molar-refractivity contribution in [2.24, 2.45) is 5.73 Å². The summed E-state index contributed by atoms with van der Waals surface area (Å²) in [6, 6.07) is 13.9. The Balaban J connectivity index is 2.39. The van der Waals surface area contributed by atoms with E-state index < -0.39 is 0 Å². The third-order valence-corrected chi connectivity index (χ3v) is 3.22. The van der Waals surface area contributed by atoms with Gasteiger partial charge in [0.15, 0.2) is 0 Å². The van der Waals surface area contributed by atoms with E-state index in [1.807, 2.05) is 49.5 Å². The third kappa shape index (κ3) is 2.09. The van der Waals surface area contributed by atoms with Gasteiger partial charge in [-0.2, -0.15) is 0 Å². The molecule has 0 aliphatic carbocycles. The van der Waals surface area contributed by atoms with Crippen LogP contribution in [0.4, 0.5) is 0 Å². The van der Waals surface area contributed by atoms with E-state index in [1.54, 1.807) is 6.20 Å². The minimum absolute atomic E-state index is 0.0749. The molecule has 1 atom stereocenters. The maximum absolute atomic E-state index is 6.08. The predicted molar refractivity (Wildman–Crippen MR) is 77.6 cm³/mol. The highest BCUT2D eigenvalue weighted by Crippen LogP contribution is 2.32. The molecular formula is C16H15N3. The number of aromatic nitrogens is 2. The Kier molecular flexibility index (Phi) is 2.97. The molecule has 19 heavy (non-hydrogen) atoms. The van der Waals surface area contributed by atoms with Gasteiger partial charge >= 0.3 is 0 Å². The molecular weight excluding hydrogens is 234 g/mol. The quantitative estimate of drug-likeness (QED) is 0.758. The number of hydrogen-bond acceptors (Lipinski definition) is 3. The van der Waals surface area contributed by atoms with E-state index in [0.717, 1.165) is 27.7 Å². The van der Waals surface area contributed by atoms with E-state index >= 15 is 0 Å². The number of nitrogens with two attached hydrogens (primary N) is 1. The topological polar surface area (TPSA) is 51.8 Å². The number of benzene rings is 1. The molecule has 2 heterocycles. The molecule has 0 bridgehead atoms. The molecule has 0 radical (unpaired) electrons. The van der Waals surface area contributed by atoms with Gasteiger partial charge in [0.25, 0.3) is 0 Å². The number of nitrogens with zero attached hydrogens (tertiary/aromatic N) is 2. The van der Waals surface area contributed by atoms with Gasteiger partial charge in [-0.3, -0.25) is 9.97 Å². The van der Waals surface area contributed by atoms with Crippen molar-refractivity contribution in [1.82, 2.24) is 9.97 Å². The van der Waals surface area contributed by atoms with E-state index in [1.165, 1.54) is 0 Å². The fourth-order valence-corrected chi connectivity index (χ4v) is 2.30. The highest BCUT2D eigenvalue weighted by molar-refractivity contribution is 5.95. The highest BCUT2D eigenvalue weighted by Gasteiger charge is 2.14. The Hall–Kier alpha value is -2.26. The summed E-state index contributed by atoms with van der Waals surface area (Å²) < 4.78 is 0. The summed E-state index contributed by atoms with van der Waals surface area (Å²) >= 11 is 0. The van der Waals surface area contributed by atoms with Gasteiger partial charge < -0.3 is 5.73 Å². The summed E-state index contributed by atoms with van der Waals surface area (Å²) in [6.45, 7) is 1.97. The molecule has 2 aromatic heterocycles. The summed E-state index contributed by atoms with van der Waals surface area (Å²) in [7, 11) is 0. The molecule has 3 nitrogen and oxygen atoms in total. The lowest BCUT2D eigenvalue weighted by Crippen LogP contribution is -2.08. The summed E-state index contributed by atoms with van der Waals surface area (Å²) in [6.07, 6.45) is 3.66. The van der Waals surface area contributed by atoms with Gasteiger partial charge in [-0.1, -0.05) is 24.3 Å². The third-order valence-electron chi connectivity index (χ3n) is 3.22. The van der Waals surface area contributed by atoms with E-state index in [0.29, 0.717) is 0 Å². The van der Waals surface area contributed by atoms with Crippen LogP contribution < -0.4 is 5.73 Å². The van der Waals surface area contributed by atoms with Crippen molar-refractivity contribution in [2.45, 2.75) is 13.0 Å². The maximum atomic E-state index is 6.08. The van der Waals surface area contributed by atoms with Crippen molar-refractivity contribution in [3.8, 4) is 11.3 Å². The molecule has 0 saturated carbocycles. The molecule has 3 aromatic rings. The average Bonchev–Trinajstić information content (AvgIpc) is 2.46. The SMILES string of the molecule is C[C@@H](N)c1cnc2ccccc2c1-c1ccccn1. The lowest BCUT2D eigenvalue weighted by Gasteiger charge is -2.14. The molecule has 0 aliphatic rings. The van der Waals surface area contributed by atoms with Gasteiger partial charge in [0.05, 0.1) is 11.2 Å². The minimum atomic E-state index is -0.0749. The van der Waals surface area contributed by atoms with Crippen LogP contribution in [0.5, 0.6) is 0 Å². The number of hydrogen-bond donors (Lipinski definition) is 1. The Morgan fingerprint density at radius 1 is 1.00 bits per heavy atom. The number of fused-ring (bicyclic) bond motifs is 1. The number of pyridine rings is 2. The fourth-order valence-electron chi connectivity index (χ4n) is 2.30. The molecule has 0 amide bonds. The van der Waals surface area contributed by atoms with Gasteiger partial charge in [0.2, 0.25) is 0 Å². The van der Waals surface area contributed by atoms with Crippen LogP contribution in [0.15, 0.2) is 54.9 Å². The zero-order valence-corrected chi connectivity index (χ0v) is 10.7. The van der Waals surface area contributed by atoms with Gasteiger partial charge in [-0.15, -0.1) is 0 Å². The van der Waals surface area contributed by atoms with Crippen molar-refractivity contribution >= 4 is 10.9 Å². The standard InChI is InChI=1S/C16H15N3/c1-11(17)13-10-19-14-7-3-2-6-12(14)16(13)15-8-4-5-9-18-15/h2-11H,17H2,1H3/t11-/m1/s1. The maximum Gasteiger partial charge on any atom is 0.0712 e. The second kappa shape index (κ2) is 4.78. The van der Waals surface area contributed by atoms with Gasteiger partial charge in [-0.05, 0) is 30.7 Å². The van der Waals surface area contributed by atoms with Crippen LogP contribution in [0.3, 0.4) is 0 Å². The van der Waals surface area contributed by atoms with E-state index in [9.17, 15) is 0 Å². The molecule has 94 valence electrons. The van der Waals surface area contributed by atoms with Crippen LogP contribution in [-0.4, -0.2) is 9.97 Å². The highest BCUT2D eigenvalue weighted by atomic mass is 14.7. The first-order chi connectivity index (χ1) is 9.27. The fraction of sp³-hybridized carbons (Fsp3) is 0.125. The number of para-hydroxylation sites is 1. The monoisotopic (exact) mass is 249 g/mol. The summed E-state index contributed by atoms with van der Waals surface area (Å²) in [4.78, 5) is 8.94. The summed E-state index contributed by atoms with van der Waals surface area (Å²) in [5.41, 5.74) is 10.1. The molecule has 0 unspecified atom stereocenters. The van der Waals surface area contributed by atoms with Crippen LogP contribution in [0.2, 0.25) is 0 Å². The van der Waals surface area contributed by atoms with Gasteiger partial charge in [0, 0.05) is 29.4 Å². The lowest BCUT2D eigenvalue weighted by atomic mass is 9.96. The number of rotatable bonds is 2. The van der Waals surface area contributed by atoms with Crippen LogP contribution >= 0.6 is 0 Å². The zero-order valence-electron chi connectivity index (χ0n) is 10.7. The van der Waals surface area contributed by atoms with Crippen molar-refractivity contribution in [2.75, 3.05) is 0 Å². The Morgan fingerprint density at radius 3 is 2.53 bits per heavy atom. The summed E-state index contributed by atoms with van der Waals surface area (Å²) in [5, 5.41) is 1.09. The van der Waals surface area contributed by atoms with Gasteiger partial charge in [0.1, 0.15) is 0 Å². The van der Waals surface area contributed by atoms with Gasteiger partial charge in [-0.25, -0.2) is 0 Å². The molecule has 0 spiro atoms. The van der Waals surface area contributed by atoms with Crippen LogP contribution in [-0.2, 0) is 0 Å². The molecule has 0 saturated heterocycles. The largest absolute Gasteiger partial charge is 0.324 e. The van der Waals surface area contributed by atoms with Crippen molar-refractivity contribution in [3.05, 3.63) is 60.4 Å². The molecule has 3 heteroatoms. The Labute approximate surface area is 112 Å². The van der Waals surface area contributed by atoms with Crippen molar-refractivity contribution in [1.29, 1.82) is 0 Å². The van der Waals surface area contributed by atoms with E-state index in [2.05, 4.69) is 16.0 Å². The first-order valence-corrected chi connectivity index (χ1v) is 6.32. The normalized spacial score (nSPS) is 12.5. The second-order valence-corrected chi connectivity index (χ2v) is 4.61. The van der Waals surface area contributed by atoms with Crippen LogP contribution in [0, 0.1) is 0 Å². The van der Waals surface area contributed by atoms with Crippen molar-refractivity contribution < 1.29 is 0 Å². The average molecular weight is 249 g/mol. The first kappa shape index (κ1) is 11.8. The molecule has 3 rings (SSSR count). The minimum Gasteiger partial charge on any atom is -0.324 e. The molecule has 1 aromatic carbocycles. The van der Waals surface area contributed by atoms with E-state index in [-0.39, 0.29) is 6.04 Å². The zero-order chi connectivity index (χ0) is 13.2. The van der Waals surface area contributed by atoms with E-state index in [4.69, 9.17) is 5.73 Å². The first-order valence-electron chi connectivity index (χ1n) is 6.32. The van der Waals surface area contributed by atoms with Crippen molar-refractivity contribution in [3.63, 3.8) is 0 Å². The Bertz CT molecular complexity index is 706. The summed E-state index contributed by atoms with van der Waals surface area (Å²) in [5.74, 6) is 0. The molecule has 2 N–H and O–H groups in total. The predicted octanol–water partition coefficient (Wildman–Crippen LogP) is 3.32.